The number of H-pyrrole nitrogens is 1. The van der Waals surface area contributed by atoms with Gasteiger partial charge < -0.3 is 0 Å². The van der Waals surface area contributed by atoms with Crippen LogP contribution < -0.4 is 5.32 Å². The molecule has 3 rings (SSSR count). The van der Waals surface area contributed by atoms with Crippen molar-refractivity contribution in [1.29, 1.82) is 0 Å². The van der Waals surface area contributed by atoms with Crippen LogP contribution >= 0.6 is 11.8 Å². The van der Waals surface area contributed by atoms with Gasteiger partial charge in [-0.15, -0.1) is 0 Å². The molecule has 1 aliphatic heterocycles. The summed E-state index contributed by atoms with van der Waals surface area (Å²) in [5, 5.41) is 10.3. The normalized spacial score (nSPS) is 14.2. The molecule has 5 nitrogen and oxygen atoms in total. The number of hydrogen-bond donors (Lipinski definition) is 2. The molecule has 0 unspecified atom stereocenters. The molecule has 0 saturated heterocycles. The SMILES string of the molecule is O=C(NC1=NCCS1)c1cc(-c2ccccc2)n[nH]1. The second-order valence-corrected chi connectivity index (χ2v) is 5.11. The predicted molar refractivity (Wildman–Crippen MR) is 76.2 cm³/mol. The zero-order valence-corrected chi connectivity index (χ0v) is 10.9. The number of rotatable bonds is 2. The van der Waals surface area contributed by atoms with Gasteiger partial charge in [-0.2, -0.15) is 5.10 Å². The van der Waals surface area contributed by atoms with Crippen molar-refractivity contribution < 1.29 is 4.79 Å². The minimum atomic E-state index is -0.206. The van der Waals surface area contributed by atoms with E-state index < -0.39 is 0 Å². The van der Waals surface area contributed by atoms with Gasteiger partial charge in [0, 0.05) is 11.3 Å². The largest absolute Gasteiger partial charge is 0.300 e. The van der Waals surface area contributed by atoms with E-state index in [9.17, 15) is 4.79 Å². The van der Waals surface area contributed by atoms with Gasteiger partial charge in [0.1, 0.15) is 5.69 Å². The molecule has 1 amide bonds. The van der Waals surface area contributed by atoms with E-state index >= 15 is 0 Å². The van der Waals surface area contributed by atoms with E-state index in [1.165, 1.54) is 0 Å². The lowest BCUT2D eigenvalue weighted by Gasteiger charge is -2.00. The zero-order chi connectivity index (χ0) is 13.1. The average molecular weight is 272 g/mol. The van der Waals surface area contributed by atoms with E-state index in [0.29, 0.717) is 10.9 Å². The number of aliphatic imine (C=N–C) groups is 1. The first-order valence-corrected chi connectivity index (χ1v) is 6.91. The summed E-state index contributed by atoms with van der Waals surface area (Å²) in [7, 11) is 0. The molecule has 0 atom stereocenters. The Kier molecular flexibility index (Phi) is 3.33. The molecule has 0 fully saturated rings. The Hall–Kier alpha value is -2.08. The van der Waals surface area contributed by atoms with Crippen molar-refractivity contribution in [2.45, 2.75) is 0 Å². The van der Waals surface area contributed by atoms with Crippen LogP contribution in [0, 0.1) is 0 Å². The van der Waals surface area contributed by atoms with E-state index in [-0.39, 0.29) is 5.91 Å². The molecule has 1 aliphatic rings. The molecule has 0 bridgehead atoms. The van der Waals surface area contributed by atoms with Gasteiger partial charge >= 0.3 is 0 Å². The molecule has 2 aromatic rings. The first-order valence-electron chi connectivity index (χ1n) is 5.92. The highest BCUT2D eigenvalue weighted by molar-refractivity contribution is 8.14. The fourth-order valence-corrected chi connectivity index (χ4v) is 2.49. The summed E-state index contributed by atoms with van der Waals surface area (Å²) in [6.07, 6.45) is 0. The monoisotopic (exact) mass is 272 g/mol. The predicted octanol–water partition coefficient (Wildman–Crippen LogP) is 1.91. The first-order chi connectivity index (χ1) is 9.33. The van der Waals surface area contributed by atoms with Gasteiger partial charge in [-0.1, -0.05) is 42.1 Å². The number of amidine groups is 1. The van der Waals surface area contributed by atoms with Crippen LogP contribution in [0.3, 0.4) is 0 Å². The third kappa shape index (κ3) is 2.68. The van der Waals surface area contributed by atoms with Crippen LogP contribution in [0.15, 0.2) is 41.4 Å². The van der Waals surface area contributed by atoms with Gasteiger partial charge in [-0.3, -0.25) is 20.2 Å². The Morgan fingerprint density at radius 2 is 2.16 bits per heavy atom. The molecule has 0 spiro atoms. The van der Waals surface area contributed by atoms with Gasteiger partial charge in [-0.05, 0) is 6.07 Å². The molecule has 0 aliphatic carbocycles. The molecule has 19 heavy (non-hydrogen) atoms. The highest BCUT2D eigenvalue weighted by Crippen LogP contribution is 2.17. The summed E-state index contributed by atoms with van der Waals surface area (Å²) < 4.78 is 0. The molecule has 1 aromatic heterocycles. The maximum absolute atomic E-state index is 12.0. The number of nitrogens with zero attached hydrogens (tertiary/aromatic N) is 2. The molecular formula is C13H12N4OS. The Morgan fingerprint density at radius 1 is 1.32 bits per heavy atom. The van der Waals surface area contributed by atoms with Gasteiger partial charge in [-0.25, -0.2) is 0 Å². The summed E-state index contributed by atoms with van der Waals surface area (Å²) >= 11 is 1.55. The molecule has 96 valence electrons. The third-order valence-corrected chi connectivity index (χ3v) is 3.59. The number of hydrogen-bond acceptors (Lipinski definition) is 4. The van der Waals surface area contributed by atoms with Crippen molar-refractivity contribution in [2.75, 3.05) is 12.3 Å². The van der Waals surface area contributed by atoms with Crippen molar-refractivity contribution in [1.82, 2.24) is 15.5 Å². The van der Waals surface area contributed by atoms with Gasteiger partial charge in [0.2, 0.25) is 0 Å². The number of amides is 1. The van der Waals surface area contributed by atoms with Crippen molar-refractivity contribution in [3.05, 3.63) is 42.1 Å². The Balaban J connectivity index is 1.76. The van der Waals surface area contributed by atoms with E-state index in [0.717, 1.165) is 23.6 Å². The number of thioether (sulfide) groups is 1. The lowest BCUT2D eigenvalue weighted by Crippen LogP contribution is -2.27. The Bertz CT molecular complexity index is 621. The maximum Gasteiger partial charge on any atom is 0.275 e. The summed E-state index contributed by atoms with van der Waals surface area (Å²) in [5.41, 5.74) is 2.17. The number of benzene rings is 1. The van der Waals surface area contributed by atoms with Crippen LogP contribution in [0.25, 0.3) is 11.3 Å². The molecule has 0 saturated carbocycles. The van der Waals surface area contributed by atoms with E-state index in [1.54, 1.807) is 17.8 Å². The summed E-state index contributed by atoms with van der Waals surface area (Å²) in [4.78, 5) is 16.1. The minimum absolute atomic E-state index is 0.206. The Labute approximate surface area is 114 Å². The number of carbonyl (C=O) groups is 1. The summed E-state index contributed by atoms with van der Waals surface area (Å²) in [6.45, 7) is 0.762. The topological polar surface area (TPSA) is 70.1 Å². The minimum Gasteiger partial charge on any atom is -0.300 e. The standard InChI is InChI=1S/C13H12N4OS/c18-12(15-13-14-6-7-19-13)11-8-10(16-17-11)9-4-2-1-3-5-9/h1-5,8H,6-7H2,(H,16,17)(H,14,15,18). The van der Waals surface area contributed by atoms with E-state index in [4.69, 9.17) is 0 Å². The van der Waals surface area contributed by atoms with Crippen molar-refractivity contribution >= 4 is 22.8 Å². The molecule has 2 heterocycles. The fraction of sp³-hybridized carbons (Fsp3) is 0.154. The van der Waals surface area contributed by atoms with Crippen LogP contribution in [-0.2, 0) is 0 Å². The fourth-order valence-electron chi connectivity index (χ4n) is 1.77. The molecule has 6 heteroatoms. The van der Waals surface area contributed by atoms with Crippen LogP contribution in [0.4, 0.5) is 0 Å². The first kappa shape index (κ1) is 12.0. The molecular weight excluding hydrogens is 260 g/mol. The molecule has 1 aromatic carbocycles. The average Bonchev–Trinajstić information content (AvgIpc) is 3.10. The van der Waals surface area contributed by atoms with Crippen molar-refractivity contribution in [3.8, 4) is 11.3 Å². The highest BCUT2D eigenvalue weighted by atomic mass is 32.2. The molecule has 0 radical (unpaired) electrons. The zero-order valence-electron chi connectivity index (χ0n) is 10.1. The lowest BCUT2D eigenvalue weighted by molar-refractivity contribution is 0.0973. The summed E-state index contributed by atoms with van der Waals surface area (Å²) in [5.74, 6) is 0.719. The van der Waals surface area contributed by atoms with E-state index in [1.807, 2.05) is 30.3 Å². The van der Waals surface area contributed by atoms with Crippen LogP contribution in [0.5, 0.6) is 0 Å². The van der Waals surface area contributed by atoms with Crippen molar-refractivity contribution in [2.24, 2.45) is 4.99 Å². The highest BCUT2D eigenvalue weighted by Gasteiger charge is 2.15. The smallest absolute Gasteiger partial charge is 0.275 e. The second-order valence-electron chi connectivity index (χ2n) is 4.02. The molecule has 2 N–H and O–H groups in total. The van der Waals surface area contributed by atoms with Gasteiger partial charge in [0.15, 0.2) is 5.17 Å². The number of carbonyl (C=O) groups excluding carboxylic acids is 1. The van der Waals surface area contributed by atoms with Crippen LogP contribution in [0.1, 0.15) is 10.5 Å². The van der Waals surface area contributed by atoms with Crippen LogP contribution in [-0.4, -0.2) is 33.6 Å². The van der Waals surface area contributed by atoms with Crippen molar-refractivity contribution in [3.63, 3.8) is 0 Å². The number of aromatic amines is 1. The van der Waals surface area contributed by atoms with E-state index in [2.05, 4.69) is 20.5 Å². The quantitative estimate of drug-likeness (QED) is 0.877. The summed E-state index contributed by atoms with van der Waals surface area (Å²) in [6, 6.07) is 11.5. The maximum atomic E-state index is 12.0. The second kappa shape index (κ2) is 5.27. The number of aromatic nitrogens is 2. The Morgan fingerprint density at radius 3 is 2.89 bits per heavy atom. The number of nitrogens with one attached hydrogen (secondary N) is 2. The van der Waals surface area contributed by atoms with Gasteiger partial charge in [0.05, 0.1) is 12.2 Å². The lowest BCUT2D eigenvalue weighted by atomic mass is 10.1. The van der Waals surface area contributed by atoms with Crippen LogP contribution in [0.2, 0.25) is 0 Å². The van der Waals surface area contributed by atoms with Gasteiger partial charge in [0.25, 0.3) is 5.91 Å². The third-order valence-electron chi connectivity index (χ3n) is 2.70.